The highest BCUT2D eigenvalue weighted by Gasteiger charge is 2.00. The Hall–Kier alpha value is -0.0900. The summed E-state index contributed by atoms with van der Waals surface area (Å²) in [5.41, 5.74) is 0. The normalized spacial score (nSPS) is 12.3. The molecule has 14 heavy (non-hydrogen) atoms. The SMILES string of the molecule is CC(C)CCCCCCOS(C)(=O)=O. The molecule has 0 bridgehead atoms. The zero-order valence-corrected chi connectivity index (χ0v) is 10.3. The first-order chi connectivity index (χ1) is 6.42. The van der Waals surface area contributed by atoms with Gasteiger partial charge in [0.25, 0.3) is 10.1 Å². The number of hydrogen-bond donors (Lipinski definition) is 0. The molecule has 4 heteroatoms. The maximum Gasteiger partial charge on any atom is 0.264 e. The summed E-state index contributed by atoms with van der Waals surface area (Å²) >= 11 is 0. The number of hydrogen-bond acceptors (Lipinski definition) is 3. The van der Waals surface area contributed by atoms with Crippen molar-refractivity contribution in [3.05, 3.63) is 0 Å². The van der Waals surface area contributed by atoms with Crippen molar-refractivity contribution in [3.63, 3.8) is 0 Å². The highest BCUT2D eigenvalue weighted by atomic mass is 32.2. The van der Waals surface area contributed by atoms with Crippen molar-refractivity contribution in [2.24, 2.45) is 5.92 Å². The molecule has 0 unspecified atom stereocenters. The summed E-state index contributed by atoms with van der Waals surface area (Å²) in [4.78, 5) is 0. The lowest BCUT2D eigenvalue weighted by molar-refractivity contribution is 0.309. The van der Waals surface area contributed by atoms with Crippen LogP contribution in [0.5, 0.6) is 0 Å². The van der Waals surface area contributed by atoms with Gasteiger partial charge >= 0.3 is 0 Å². The summed E-state index contributed by atoms with van der Waals surface area (Å²) in [6.07, 6.45) is 6.65. The molecule has 86 valence electrons. The van der Waals surface area contributed by atoms with Gasteiger partial charge in [0, 0.05) is 0 Å². The van der Waals surface area contributed by atoms with Gasteiger partial charge in [-0.1, -0.05) is 39.5 Å². The van der Waals surface area contributed by atoms with Gasteiger partial charge < -0.3 is 0 Å². The second-order valence-electron chi connectivity index (χ2n) is 4.12. The van der Waals surface area contributed by atoms with E-state index in [4.69, 9.17) is 0 Å². The molecular formula is C10H22O3S. The van der Waals surface area contributed by atoms with Gasteiger partial charge in [0.2, 0.25) is 0 Å². The molecule has 0 fully saturated rings. The Balaban J connectivity index is 3.15. The van der Waals surface area contributed by atoms with Crippen LogP contribution in [0.4, 0.5) is 0 Å². The molecule has 0 amide bonds. The molecule has 0 heterocycles. The highest BCUT2D eigenvalue weighted by Crippen LogP contribution is 2.09. The van der Waals surface area contributed by atoms with Gasteiger partial charge in [-0.2, -0.15) is 8.42 Å². The summed E-state index contributed by atoms with van der Waals surface area (Å²) in [7, 11) is -3.23. The first-order valence-corrected chi connectivity index (χ1v) is 7.08. The molecule has 3 nitrogen and oxygen atoms in total. The van der Waals surface area contributed by atoms with E-state index in [2.05, 4.69) is 18.0 Å². The smallest absolute Gasteiger partial charge is 0.264 e. The second kappa shape index (κ2) is 7.23. The fourth-order valence-corrected chi connectivity index (χ4v) is 1.64. The quantitative estimate of drug-likeness (QED) is 0.468. The van der Waals surface area contributed by atoms with E-state index in [0.29, 0.717) is 6.61 Å². The van der Waals surface area contributed by atoms with Gasteiger partial charge in [0.1, 0.15) is 0 Å². The van der Waals surface area contributed by atoms with Crippen LogP contribution in [0.3, 0.4) is 0 Å². The van der Waals surface area contributed by atoms with Crippen molar-refractivity contribution in [2.75, 3.05) is 12.9 Å². The molecule has 0 aromatic carbocycles. The molecule has 0 aromatic rings. The van der Waals surface area contributed by atoms with Gasteiger partial charge in [0.15, 0.2) is 0 Å². The Kier molecular flexibility index (Phi) is 7.19. The first-order valence-electron chi connectivity index (χ1n) is 5.26. The minimum Gasteiger partial charge on any atom is -0.270 e. The Morgan fingerprint density at radius 2 is 1.64 bits per heavy atom. The van der Waals surface area contributed by atoms with Crippen molar-refractivity contribution >= 4 is 10.1 Å². The molecular weight excluding hydrogens is 200 g/mol. The van der Waals surface area contributed by atoms with E-state index < -0.39 is 10.1 Å². The lowest BCUT2D eigenvalue weighted by Gasteiger charge is -2.04. The summed E-state index contributed by atoms with van der Waals surface area (Å²) in [6.45, 7) is 4.76. The molecule has 0 saturated carbocycles. The molecule has 0 aliphatic carbocycles. The topological polar surface area (TPSA) is 43.4 Å². The van der Waals surface area contributed by atoms with Crippen LogP contribution in [0.1, 0.15) is 46.0 Å². The van der Waals surface area contributed by atoms with E-state index in [1.54, 1.807) is 0 Å². The summed E-state index contributed by atoms with van der Waals surface area (Å²) < 4.78 is 25.8. The highest BCUT2D eigenvalue weighted by molar-refractivity contribution is 7.85. The molecule has 0 radical (unpaired) electrons. The molecule has 0 spiro atoms. The maximum atomic E-state index is 10.6. The van der Waals surface area contributed by atoms with Gasteiger partial charge in [0.05, 0.1) is 12.9 Å². The fourth-order valence-electron chi connectivity index (χ4n) is 1.22. The average molecular weight is 222 g/mol. The van der Waals surface area contributed by atoms with Gasteiger partial charge in [-0.15, -0.1) is 0 Å². The Morgan fingerprint density at radius 3 is 2.14 bits per heavy atom. The molecule has 0 atom stereocenters. The zero-order chi connectivity index (χ0) is 11.0. The van der Waals surface area contributed by atoms with E-state index in [0.717, 1.165) is 25.0 Å². The Labute approximate surface area is 88.0 Å². The second-order valence-corrected chi connectivity index (χ2v) is 5.77. The van der Waals surface area contributed by atoms with Crippen LogP contribution in [0.25, 0.3) is 0 Å². The van der Waals surface area contributed by atoms with Crippen LogP contribution < -0.4 is 0 Å². The summed E-state index contributed by atoms with van der Waals surface area (Å²) in [5.74, 6) is 0.766. The number of unbranched alkanes of at least 4 members (excludes halogenated alkanes) is 3. The maximum absolute atomic E-state index is 10.6. The van der Waals surface area contributed by atoms with Crippen LogP contribution in [0.15, 0.2) is 0 Å². The predicted molar refractivity (Wildman–Crippen MR) is 58.7 cm³/mol. The Morgan fingerprint density at radius 1 is 1.07 bits per heavy atom. The van der Waals surface area contributed by atoms with Crippen LogP contribution >= 0.6 is 0 Å². The largest absolute Gasteiger partial charge is 0.270 e. The molecule has 0 aromatic heterocycles. The summed E-state index contributed by atoms with van der Waals surface area (Å²) in [5, 5.41) is 0. The lowest BCUT2D eigenvalue weighted by Crippen LogP contribution is -2.03. The van der Waals surface area contributed by atoms with Crippen LogP contribution in [0, 0.1) is 5.92 Å². The van der Waals surface area contributed by atoms with Crippen LogP contribution in [0.2, 0.25) is 0 Å². The molecule has 0 rings (SSSR count). The van der Waals surface area contributed by atoms with Gasteiger partial charge in [-0.3, -0.25) is 4.18 Å². The van der Waals surface area contributed by atoms with Crippen LogP contribution in [-0.2, 0) is 14.3 Å². The predicted octanol–water partition coefficient (Wildman–Crippen LogP) is 2.57. The monoisotopic (exact) mass is 222 g/mol. The Bertz CT molecular complexity index is 220. The molecule has 0 saturated heterocycles. The van der Waals surface area contributed by atoms with E-state index in [1.165, 1.54) is 19.3 Å². The zero-order valence-electron chi connectivity index (χ0n) is 9.45. The van der Waals surface area contributed by atoms with E-state index in [9.17, 15) is 8.42 Å². The number of rotatable bonds is 8. The average Bonchev–Trinajstić information content (AvgIpc) is 2.00. The summed E-state index contributed by atoms with van der Waals surface area (Å²) in [6, 6.07) is 0. The minimum absolute atomic E-state index is 0.334. The lowest BCUT2D eigenvalue weighted by atomic mass is 10.0. The van der Waals surface area contributed by atoms with Crippen molar-refractivity contribution in [3.8, 4) is 0 Å². The molecule has 0 aliphatic heterocycles. The van der Waals surface area contributed by atoms with Crippen LogP contribution in [-0.4, -0.2) is 21.3 Å². The van der Waals surface area contributed by atoms with E-state index in [1.807, 2.05) is 0 Å². The van der Waals surface area contributed by atoms with Crippen molar-refractivity contribution in [1.29, 1.82) is 0 Å². The molecule has 0 N–H and O–H groups in total. The van der Waals surface area contributed by atoms with Crippen molar-refractivity contribution < 1.29 is 12.6 Å². The third-order valence-electron chi connectivity index (χ3n) is 1.97. The third-order valence-corrected chi connectivity index (χ3v) is 2.57. The third kappa shape index (κ3) is 11.9. The standard InChI is InChI=1S/C10H22O3S/c1-10(2)8-6-4-5-7-9-13-14(3,11)12/h10H,4-9H2,1-3H3. The van der Waals surface area contributed by atoms with Crippen molar-refractivity contribution in [2.45, 2.75) is 46.0 Å². The van der Waals surface area contributed by atoms with E-state index in [-0.39, 0.29) is 0 Å². The first kappa shape index (κ1) is 13.9. The van der Waals surface area contributed by atoms with E-state index >= 15 is 0 Å². The fraction of sp³-hybridized carbons (Fsp3) is 1.00. The van der Waals surface area contributed by atoms with Gasteiger partial charge in [-0.25, -0.2) is 0 Å². The van der Waals surface area contributed by atoms with Gasteiger partial charge in [-0.05, 0) is 12.3 Å². The minimum atomic E-state index is -3.23. The molecule has 0 aliphatic rings. The van der Waals surface area contributed by atoms with Crippen molar-refractivity contribution in [1.82, 2.24) is 0 Å².